The van der Waals surface area contributed by atoms with Gasteiger partial charge >= 0.3 is 0 Å². The number of carbonyl (C=O) groups excluding carboxylic acids is 1. The van der Waals surface area contributed by atoms with Gasteiger partial charge in [0.1, 0.15) is 11.2 Å². The van der Waals surface area contributed by atoms with Crippen LogP contribution in [0.15, 0.2) is 23.1 Å². The van der Waals surface area contributed by atoms with Crippen LogP contribution in [0.2, 0.25) is 0 Å². The lowest BCUT2D eigenvalue weighted by atomic mass is 9.90. The van der Waals surface area contributed by atoms with E-state index in [1.807, 2.05) is 13.8 Å². The number of amides is 1. The third-order valence-corrected chi connectivity index (χ3v) is 4.92. The molecule has 0 spiro atoms. The van der Waals surface area contributed by atoms with Crippen LogP contribution in [0.1, 0.15) is 36.3 Å². The van der Waals surface area contributed by atoms with Gasteiger partial charge in [-0.2, -0.15) is 0 Å². The standard InChI is InChI=1S/C18H23N3O4/c1-4-20-9-13(15(23)12-6-5-11(2)19-16(12)20)17(24)21-8-7-18(3,25)14(22)10-21/h5-6,9,14,22,25H,4,7-8,10H2,1-3H3/t14-,18+/m1/s1. The Morgan fingerprint density at radius 1 is 1.44 bits per heavy atom. The first-order valence-corrected chi connectivity index (χ1v) is 8.45. The zero-order valence-electron chi connectivity index (χ0n) is 14.7. The molecule has 7 nitrogen and oxygen atoms in total. The summed E-state index contributed by atoms with van der Waals surface area (Å²) in [7, 11) is 0. The van der Waals surface area contributed by atoms with E-state index in [-0.39, 0.29) is 24.0 Å². The fourth-order valence-electron chi connectivity index (χ4n) is 3.13. The number of aliphatic hydroxyl groups excluding tert-OH is 1. The summed E-state index contributed by atoms with van der Waals surface area (Å²) >= 11 is 0. The minimum Gasteiger partial charge on any atom is -0.388 e. The van der Waals surface area contributed by atoms with Crippen LogP contribution in [-0.4, -0.2) is 55.4 Å². The molecule has 3 heterocycles. The van der Waals surface area contributed by atoms with Crippen molar-refractivity contribution in [1.29, 1.82) is 0 Å². The van der Waals surface area contributed by atoms with Crippen LogP contribution in [-0.2, 0) is 6.54 Å². The Hall–Kier alpha value is -2.25. The van der Waals surface area contributed by atoms with E-state index < -0.39 is 17.6 Å². The molecular weight excluding hydrogens is 322 g/mol. The number of likely N-dealkylation sites (tertiary alicyclic amines) is 1. The van der Waals surface area contributed by atoms with E-state index >= 15 is 0 Å². The van der Waals surface area contributed by atoms with Gasteiger partial charge in [-0.3, -0.25) is 9.59 Å². The molecular formula is C18H23N3O4. The molecule has 0 unspecified atom stereocenters. The molecule has 0 saturated carbocycles. The van der Waals surface area contributed by atoms with E-state index in [9.17, 15) is 19.8 Å². The number of β-amino-alcohol motifs (C(OH)–C–C–N with tert-alkyl or cyclic N) is 1. The Bertz CT molecular complexity index is 888. The first-order valence-electron chi connectivity index (χ1n) is 8.45. The summed E-state index contributed by atoms with van der Waals surface area (Å²) in [4.78, 5) is 31.5. The molecule has 1 fully saturated rings. The largest absolute Gasteiger partial charge is 0.388 e. The van der Waals surface area contributed by atoms with E-state index in [0.717, 1.165) is 5.69 Å². The van der Waals surface area contributed by atoms with E-state index in [1.54, 1.807) is 29.8 Å². The number of carbonyl (C=O) groups is 1. The Morgan fingerprint density at radius 3 is 2.80 bits per heavy atom. The van der Waals surface area contributed by atoms with E-state index in [0.29, 0.717) is 24.1 Å². The number of aromatic nitrogens is 2. The number of hydrogen-bond donors (Lipinski definition) is 2. The summed E-state index contributed by atoms with van der Waals surface area (Å²) in [5.41, 5.74) is -0.149. The summed E-state index contributed by atoms with van der Waals surface area (Å²) in [5, 5.41) is 20.5. The maximum absolute atomic E-state index is 12.9. The fraction of sp³-hybridized carbons (Fsp3) is 0.500. The third-order valence-electron chi connectivity index (χ3n) is 4.92. The zero-order valence-corrected chi connectivity index (χ0v) is 14.7. The maximum Gasteiger partial charge on any atom is 0.259 e. The first kappa shape index (κ1) is 17.6. The van der Waals surface area contributed by atoms with Crippen LogP contribution >= 0.6 is 0 Å². The van der Waals surface area contributed by atoms with Crippen molar-refractivity contribution in [2.75, 3.05) is 13.1 Å². The molecule has 25 heavy (non-hydrogen) atoms. The Morgan fingerprint density at radius 2 is 2.16 bits per heavy atom. The number of pyridine rings is 2. The van der Waals surface area contributed by atoms with Crippen molar-refractivity contribution in [2.45, 2.75) is 45.4 Å². The van der Waals surface area contributed by atoms with Gasteiger partial charge in [0.25, 0.3) is 5.91 Å². The van der Waals surface area contributed by atoms with Crippen LogP contribution in [0.5, 0.6) is 0 Å². The van der Waals surface area contributed by atoms with Gasteiger partial charge in [-0.15, -0.1) is 0 Å². The van der Waals surface area contributed by atoms with Crippen molar-refractivity contribution in [3.05, 3.63) is 39.8 Å². The third kappa shape index (κ3) is 3.05. The smallest absolute Gasteiger partial charge is 0.259 e. The fourth-order valence-corrected chi connectivity index (χ4v) is 3.13. The van der Waals surface area contributed by atoms with Crippen molar-refractivity contribution in [3.8, 4) is 0 Å². The van der Waals surface area contributed by atoms with Crippen molar-refractivity contribution < 1.29 is 15.0 Å². The average Bonchev–Trinajstić information content (AvgIpc) is 2.57. The summed E-state index contributed by atoms with van der Waals surface area (Å²) in [6.07, 6.45) is 0.762. The quantitative estimate of drug-likeness (QED) is 0.835. The predicted molar refractivity (Wildman–Crippen MR) is 93.6 cm³/mol. The molecule has 0 aliphatic carbocycles. The van der Waals surface area contributed by atoms with Crippen molar-refractivity contribution in [3.63, 3.8) is 0 Å². The number of fused-ring (bicyclic) bond motifs is 1. The molecule has 1 saturated heterocycles. The zero-order chi connectivity index (χ0) is 18.4. The Balaban J connectivity index is 2.04. The topological polar surface area (TPSA) is 95.7 Å². The SMILES string of the molecule is CCn1cc(C(=O)N2CC[C@](C)(O)[C@H](O)C2)c(=O)c2ccc(C)nc21. The van der Waals surface area contributed by atoms with Crippen LogP contribution in [0.25, 0.3) is 11.0 Å². The van der Waals surface area contributed by atoms with Crippen LogP contribution in [0.4, 0.5) is 0 Å². The summed E-state index contributed by atoms with van der Waals surface area (Å²) < 4.78 is 1.79. The average molecular weight is 345 g/mol. The molecule has 2 atom stereocenters. The van der Waals surface area contributed by atoms with Gasteiger partial charge in [0.15, 0.2) is 0 Å². The maximum atomic E-state index is 12.9. The van der Waals surface area contributed by atoms with Crippen LogP contribution < -0.4 is 5.43 Å². The molecule has 2 aromatic rings. The van der Waals surface area contributed by atoms with Gasteiger partial charge in [0, 0.05) is 31.5 Å². The van der Waals surface area contributed by atoms with E-state index in [2.05, 4.69) is 4.98 Å². The molecule has 2 N–H and O–H groups in total. The lowest BCUT2D eigenvalue weighted by molar-refractivity contribution is -0.0999. The highest BCUT2D eigenvalue weighted by Gasteiger charge is 2.38. The molecule has 134 valence electrons. The number of aliphatic hydroxyl groups is 2. The van der Waals surface area contributed by atoms with E-state index in [4.69, 9.17) is 0 Å². The molecule has 0 radical (unpaired) electrons. The van der Waals surface area contributed by atoms with Crippen LogP contribution in [0, 0.1) is 6.92 Å². The lowest BCUT2D eigenvalue weighted by Gasteiger charge is -2.39. The highest BCUT2D eigenvalue weighted by molar-refractivity contribution is 5.97. The number of piperidine rings is 1. The number of aryl methyl sites for hydroxylation is 2. The number of nitrogens with zero attached hydrogens (tertiary/aromatic N) is 3. The monoisotopic (exact) mass is 345 g/mol. The van der Waals surface area contributed by atoms with Gasteiger partial charge in [-0.05, 0) is 39.3 Å². The van der Waals surface area contributed by atoms with Crippen molar-refractivity contribution >= 4 is 16.9 Å². The van der Waals surface area contributed by atoms with Gasteiger partial charge in [0.2, 0.25) is 5.43 Å². The van der Waals surface area contributed by atoms with Gasteiger partial charge < -0.3 is 19.7 Å². The van der Waals surface area contributed by atoms with Gasteiger partial charge in [0.05, 0.1) is 17.1 Å². The second-order valence-corrected chi connectivity index (χ2v) is 6.86. The van der Waals surface area contributed by atoms with Gasteiger partial charge in [-0.25, -0.2) is 4.98 Å². The predicted octanol–water partition coefficient (Wildman–Crippen LogP) is 0.683. The molecule has 1 aliphatic rings. The second-order valence-electron chi connectivity index (χ2n) is 6.86. The summed E-state index contributed by atoms with van der Waals surface area (Å²) in [6, 6.07) is 3.44. The summed E-state index contributed by atoms with van der Waals surface area (Å²) in [5.74, 6) is -0.427. The molecule has 0 aromatic carbocycles. The highest BCUT2D eigenvalue weighted by Crippen LogP contribution is 2.23. The number of hydrogen-bond acceptors (Lipinski definition) is 5. The normalized spacial score (nSPS) is 23.9. The molecule has 1 aliphatic heterocycles. The highest BCUT2D eigenvalue weighted by atomic mass is 16.3. The molecule has 2 aromatic heterocycles. The second kappa shape index (κ2) is 6.24. The molecule has 1 amide bonds. The Kier molecular flexibility index (Phi) is 4.38. The van der Waals surface area contributed by atoms with E-state index in [1.165, 1.54) is 4.90 Å². The Labute approximate surface area is 145 Å². The first-order chi connectivity index (χ1) is 11.7. The summed E-state index contributed by atoms with van der Waals surface area (Å²) in [6.45, 7) is 6.19. The lowest BCUT2D eigenvalue weighted by Crippen LogP contribution is -2.55. The minimum absolute atomic E-state index is 0.00157. The molecule has 3 rings (SSSR count). The van der Waals surface area contributed by atoms with Crippen molar-refractivity contribution in [2.24, 2.45) is 0 Å². The molecule has 0 bridgehead atoms. The molecule has 7 heteroatoms. The van der Waals surface area contributed by atoms with Gasteiger partial charge in [-0.1, -0.05) is 0 Å². The van der Waals surface area contributed by atoms with Crippen LogP contribution in [0.3, 0.4) is 0 Å². The van der Waals surface area contributed by atoms with Crippen molar-refractivity contribution in [1.82, 2.24) is 14.5 Å². The number of rotatable bonds is 2. The minimum atomic E-state index is -1.22.